The summed E-state index contributed by atoms with van der Waals surface area (Å²) < 4.78 is 33.5. The number of piperidine rings is 2. The molecule has 2 aliphatic rings. The molecule has 8 heteroatoms. The van der Waals surface area contributed by atoms with E-state index in [1.54, 1.807) is 29.2 Å². The van der Waals surface area contributed by atoms with E-state index in [2.05, 4.69) is 0 Å². The molecule has 33 heavy (non-hydrogen) atoms. The Labute approximate surface area is 197 Å². The first-order valence-electron chi connectivity index (χ1n) is 11.3. The van der Waals surface area contributed by atoms with Crippen LogP contribution in [0.3, 0.4) is 0 Å². The second-order valence-electron chi connectivity index (χ2n) is 8.71. The molecular formula is C25H27ClF2N2O3. The molecule has 2 heterocycles. The van der Waals surface area contributed by atoms with Gasteiger partial charge in [-0.15, -0.1) is 0 Å². The van der Waals surface area contributed by atoms with Gasteiger partial charge in [-0.3, -0.25) is 9.59 Å². The Morgan fingerprint density at radius 3 is 2.27 bits per heavy atom. The number of carbonyl (C=O) groups excluding carboxylic acids is 2. The fourth-order valence-corrected chi connectivity index (χ4v) is 4.72. The van der Waals surface area contributed by atoms with Crippen molar-refractivity contribution in [1.29, 1.82) is 0 Å². The lowest BCUT2D eigenvalue weighted by Crippen LogP contribution is -2.50. The maximum Gasteiger partial charge on any atom is 0.254 e. The highest BCUT2D eigenvalue weighted by molar-refractivity contribution is 6.30. The van der Waals surface area contributed by atoms with Crippen LogP contribution in [-0.2, 0) is 4.79 Å². The molecule has 0 bridgehead atoms. The van der Waals surface area contributed by atoms with Gasteiger partial charge in [0.25, 0.3) is 5.91 Å². The summed E-state index contributed by atoms with van der Waals surface area (Å²) in [5.41, 5.74) is -0.0364. The van der Waals surface area contributed by atoms with Gasteiger partial charge in [0.2, 0.25) is 5.91 Å². The smallest absolute Gasteiger partial charge is 0.254 e. The fraction of sp³-hybridized carbons (Fsp3) is 0.440. The van der Waals surface area contributed by atoms with Crippen LogP contribution in [0.15, 0.2) is 42.5 Å². The number of carbonyl (C=O) groups is 2. The molecule has 2 aliphatic heterocycles. The highest BCUT2D eigenvalue weighted by Gasteiger charge is 2.36. The number of nitrogens with zero attached hydrogens (tertiary/aromatic N) is 2. The zero-order valence-corrected chi connectivity index (χ0v) is 19.1. The molecule has 0 aromatic heterocycles. The molecule has 4 rings (SSSR count). The summed E-state index contributed by atoms with van der Waals surface area (Å²) in [6.45, 7) is 2.14. The predicted octanol–water partition coefficient (Wildman–Crippen LogP) is 4.93. The lowest BCUT2D eigenvalue weighted by atomic mass is 9.90. The van der Waals surface area contributed by atoms with Crippen molar-refractivity contribution in [3.05, 3.63) is 64.7 Å². The summed E-state index contributed by atoms with van der Waals surface area (Å²) >= 11 is 5.97. The normalized spacial score (nSPS) is 21.1. The van der Waals surface area contributed by atoms with Crippen LogP contribution in [0.2, 0.25) is 5.02 Å². The quantitative estimate of drug-likeness (QED) is 0.614. The van der Waals surface area contributed by atoms with Gasteiger partial charge in [0.05, 0.1) is 0 Å². The average Bonchev–Trinajstić information content (AvgIpc) is 2.81. The average molecular weight is 477 g/mol. The maximum absolute atomic E-state index is 13.7. The Morgan fingerprint density at radius 1 is 0.939 bits per heavy atom. The van der Waals surface area contributed by atoms with E-state index in [9.17, 15) is 18.4 Å². The maximum atomic E-state index is 13.7. The van der Waals surface area contributed by atoms with Gasteiger partial charge in [-0.1, -0.05) is 11.6 Å². The zero-order chi connectivity index (χ0) is 23.4. The second kappa shape index (κ2) is 10.5. The third-order valence-corrected chi connectivity index (χ3v) is 6.56. The number of halogens is 3. The number of hydrogen-bond donors (Lipinski definition) is 0. The summed E-state index contributed by atoms with van der Waals surface area (Å²) in [5.74, 6) is -1.59. The van der Waals surface area contributed by atoms with E-state index >= 15 is 0 Å². The van der Waals surface area contributed by atoms with E-state index < -0.39 is 17.5 Å². The van der Waals surface area contributed by atoms with Gasteiger partial charge in [0.15, 0.2) is 0 Å². The Balaban J connectivity index is 1.50. The number of benzene rings is 2. The van der Waals surface area contributed by atoms with Gasteiger partial charge in [-0.25, -0.2) is 8.78 Å². The van der Waals surface area contributed by atoms with E-state index in [0.717, 1.165) is 50.6 Å². The molecule has 0 radical (unpaired) electrons. The number of likely N-dealkylation sites (tertiary alicyclic amines) is 2. The SMILES string of the molecule is O=C(C[C@H]1CN(C(=O)c2cc(F)cc(F)c2)CC[C@@H]1Oc1ccc(Cl)cc1)N1CCCCC1. The number of amides is 2. The summed E-state index contributed by atoms with van der Waals surface area (Å²) in [5, 5.41) is 0.599. The van der Waals surface area contributed by atoms with Crippen LogP contribution >= 0.6 is 11.6 Å². The number of ether oxygens (including phenoxy) is 1. The Hall–Kier alpha value is -2.67. The van der Waals surface area contributed by atoms with Crippen molar-refractivity contribution < 1.29 is 23.1 Å². The number of hydrogen-bond acceptors (Lipinski definition) is 3. The topological polar surface area (TPSA) is 49.9 Å². The molecule has 2 aromatic rings. The molecule has 2 atom stereocenters. The highest BCUT2D eigenvalue weighted by Crippen LogP contribution is 2.28. The van der Waals surface area contributed by atoms with Crippen LogP contribution in [0.1, 0.15) is 42.5 Å². The lowest BCUT2D eigenvalue weighted by molar-refractivity contribution is -0.134. The first-order valence-corrected chi connectivity index (χ1v) is 11.7. The predicted molar refractivity (Wildman–Crippen MR) is 121 cm³/mol. The van der Waals surface area contributed by atoms with Gasteiger partial charge in [0, 0.05) is 61.6 Å². The minimum absolute atomic E-state index is 0.0364. The Morgan fingerprint density at radius 2 is 1.61 bits per heavy atom. The third-order valence-electron chi connectivity index (χ3n) is 6.31. The summed E-state index contributed by atoms with van der Waals surface area (Å²) in [7, 11) is 0. The summed E-state index contributed by atoms with van der Waals surface area (Å²) in [6.07, 6.45) is 3.60. The summed E-state index contributed by atoms with van der Waals surface area (Å²) in [4.78, 5) is 29.4. The first kappa shape index (κ1) is 23.5. The fourth-order valence-electron chi connectivity index (χ4n) is 4.59. The Kier molecular flexibility index (Phi) is 7.48. The standard InChI is InChI=1S/C25H27ClF2N2O3/c26-19-4-6-22(7-5-19)33-23-8-11-30(25(32)17-12-20(27)15-21(28)13-17)16-18(23)14-24(31)29-9-2-1-3-10-29/h4-7,12-13,15,18,23H,1-3,8-11,14,16H2/t18-,23-/m0/s1. The molecular weight excluding hydrogens is 450 g/mol. The largest absolute Gasteiger partial charge is 0.490 e. The number of rotatable bonds is 5. The van der Waals surface area contributed by atoms with E-state index in [0.29, 0.717) is 23.7 Å². The molecule has 5 nitrogen and oxygen atoms in total. The van der Waals surface area contributed by atoms with Crippen molar-refractivity contribution in [2.75, 3.05) is 26.2 Å². The zero-order valence-electron chi connectivity index (χ0n) is 18.3. The Bertz CT molecular complexity index is 975. The van der Waals surface area contributed by atoms with Crippen LogP contribution in [0, 0.1) is 17.6 Å². The van der Waals surface area contributed by atoms with Crippen LogP contribution < -0.4 is 4.74 Å². The first-order chi connectivity index (χ1) is 15.9. The van der Waals surface area contributed by atoms with Gasteiger partial charge in [0.1, 0.15) is 23.5 Å². The lowest BCUT2D eigenvalue weighted by Gasteiger charge is -2.39. The van der Waals surface area contributed by atoms with Crippen molar-refractivity contribution in [2.24, 2.45) is 5.92 Å². The van der Waals surface area contributed by atoms with Crippen LogP contribution in [0.5, 0.6) is 5.75 Å². The molecule has 2 saturated heterocycles. The van der Waals surface area contributed by atoms with Crippen LogP contribution in [-0.4, -0.2) is 53.9 Å². The van der Waals surface area contributed by atoms with E-state index in [1.807, 2.05) is 4.90 Å². The van der Waals surface area contributed by atoms with E-state index in [-0.39, 0.29) is 36.5 Å². The van der Waals surface area contributed by atoms with Crippen molar-refractivity contribution >= 4 is 23.4 Å². The van der Waals surface area contributed by atoms with Crippen molar-refractivity contribution in [3.8, 4) is 5.75 Å². The van der Waals surface area contributed by atoms with E-state index in [4.69, 9.17) is 16.3 Å². The summed E-state index contributed by atoms with van der Waals surface area (Å²) in [6, 6.07) is 9.84. The molecule has 2 aromatic carbocycles. The van der Waals surface area contributed by atoms with E-state index in [1.165, 1.54) is 0 Å². The van der Waals surface area contributed by atoms with Gasteiger partial charge < -0.3 is 14.5 Å². The monoisotopic (exact) mass is 476 g/mol. The minimum atomic E-state index is -0.795. The molecule has 2 fully saturated rings. The van der Waals surface area contributed by atoms with Crippen molar-refractivity contribution in [2.45, 2.75) is 38.2 Å². The third kappa shape index (κ3) is 6.02. The second-order valence-corrected chi connectivity index (χ2v) is 9.15. The molecule has 0 N–H and O–H groups in total. The van der Waals surface area contributed by atoms with Crippen molar-refractivity contribution in [1.82, 2.24) is 9.80 Å². The minimum Gasteiger partial charge on any atom is -0.490 e. The molecule has 176 valence electrons. The molecule has 0 aliphatic carbocycles. The highest BCUT2D eigenvalue weighted by atomic mass is 35.5. The molecule has 0 spiro atoms. The van der Waals surface area contributed by atoms with Gasteiger partial charge >= 0.3 is 0 Å². The molecule has 0 unspecified atom stereocenters. The molecule has 2 amide bonds. The molecule has 0 saturated carbocycles. The van der Waals surface area contributed by atoms with Crippen molar-refractivity contribution in [3.63, 3.8) is 0 Å². The van der Waals surface area contributed by atoms with Crippen LogP contribution in [0.4, 0.5) is 8.78 Å². The van der Waals surface area contributed by atoms with Gasteiger partial charge in [-0.2, -0.15) is 0 Å². The van der Waals surface area contributed by atoms with Crippen LogP contribution in [0.25, 0.3) is 0 Å². The van der Waals surface area contributed by atoms with Gasteiger partial charge in [-0.05, 0) is 55.7 Å².